The van der Waals surface area contributed by atoms with Gasteiger partial charge in [-0.25, -0.2) is 0 Å². The van der Waals surface area contributed by atoms with E-state index in [0.29, 0.717) is 0 Å². The second-order valence-electron chi connectivity index (χ2n) is 0. The third-order valence-corrected chi connectivity index (χ3v) is 0. The summed E-state index contributed by atoms with van der Waals surface area (Å²) < 4.78 is 0. The first-order valence-electron chi connectivity index (χ1n) is 0. The summed E-state index contributed by atoms with van der Waals surface area (Å²) in [5, 5.41) is 0. The Morgan fingerprint density at radius 3 is 1.00 bits per heavy atom. The molecule has 0 rings (SSSR count). The molecule has 0 heterocycles. The van der Waals surface area contributed by atoms with Gasteiger partial charge in [0.2, 0.25) is 0 Å². The van der Waals surface area contributed by atoms with Crippen LogP contribution in [-0.4, -0.2) is 19.4 Å². The molecule has 0 fully saturated rings. The molecule has 0 aromatic carbocycles. The average Bonchev–Trinajstić information content (AvgIpc) is 0. The molecule has 7 radical (unpaired) electrons. The van der Waals surface area contributed by atoms with Crippen molar-refractivity contribution in [2.24, 2.45) is 0 Å². The fourth-order valence-corrected chi connectivity index (χ4v) is 0. The first-order chi connectivity index (χ1) is 0. The molecule has 23 valence electrons. The second kappa shape index (κ2) is 29.1. The van der Waals surface area contributed by atoms with Crippen LogP contribution < -0.4 is 0 Å². The van der Waals surface area contributed by atoms with E-state index in [0.717, 1.165) is 0 Å². The molecule has 0 amide bonds. The Balaban J connectivity index is 0. The quantitative estimate of drug-likeness (QED) is 0.299. The zero-order chi connectivity index (χ0) is 0. The zero-order valence-electron chi connectivity index (χ0n) is 2.14. The van der Waals surface area contributed by atoms with Crippen molar-refractivity contribution < 1.29 is 17.1 Å². The third kappa shape index (κ3) is 10.6. The number of rotatable bonds is 0. The minimum Gasteiger partial charge on any atom is -0.153 e. The van der Waals surface area contributed by atoms with Crippen LogP contribution in [0.15, 0.2) is 0 Å². The van der Waals surface area contributed by atoms with Gasteiger partial charge in [0.05, 0.1) is 0 Å². The molecule has 0 aromatic rings. The summed E-state index contributed by atoms with van der Waals surface area (Å²) in [5.74, 6) is 0. The third-order valence-electron chi connectivity index (χ3n) is 0. The van der Waals surface area contributed by atoms with Crippen molar-refractivity contribution in [1.29, 1.82) is 0 Å². The van der Waals surface area contributed by atoms with Crippen molar-refractivity contribution >= 4 is 29.3 Å². The molecule has 1 atom stereocenters. The molecule has 0 saturated carbocycles. The van der Waals surface area contributed by atoms with Gasteiger partial charge in [0.1, 0.15) is 0 Å². The van der Waals surface area contributed by atoms with Crippen LogP contribution in [0.3, 0.4) is 0 Å². The normalized spacial score (nSPS) is 0. The zero-order valence-corrected chi connectivity index (χ0v) is 5.66. The minimum atomic E-state index is 0. The van der Waals surface area contributed by atoms with Crippen molar-refractivity contribution in [2.45, 2.75) is 0 Å². The van der Waals surface area contributed by atoms with Crippen LogP contribution in [0.25, 0.3) is 0 Å². The Kier molecular flexibility index (Phi) is 450. The van der Waals surface area contributed by atoms with E-state index in [1.807, 2.05) is 0 Å². The maximum atomic E-state index is 0. The van der Waals surface area contributed by atoms with Crippen molar-refractivity contribution in [3.05, 3.63) is 0 Å². The second-order valence-corrected chi connectivity index (χ2v) is 0. The SMILES string of the molecule is P.[B].[Fe].[Si]. The van der Waals surface area contributed by atoms with E-state index in [2.05, 4.69) is 0 Å². The molecule has 4 heavy (non-hydrogen) atoms. The van der Waals surface area contributed by atoms with Gasteiger partial charge >= 0.3 is 0 Å². The standard InChI is InChI=1S/B.Fe.H3P.Si/h;;1H3;. The molecule has 0 N–H and O–H groups in total. The van der Waals surface area contributed by atoms with Gasteiger partial charge in [-0.05, 0) is 0 Å². The molecule has 0 bridgehead atoms. The average molecular weight is 129 g/mol. The van der Waals surface area contributed by atoms with E-state index in [4.69, 9.17) is 0 Å². The van der Waals surface area contributed by atoms with Gasteiger partial charge in [-0.3, -0.25) is 0 Å². The maximum absolute atomic E-state index is 0. The molecule has 0 aliphatic rings. The Morgan fingerprint density at radius 1 is 1.00 bits per heavy atom. The molecular weight excluding hydrogens is 126 g/mol. The van der Waals surface area contributed by atoms with Gasteiger partial charge in [0.15, 0.2) is 0 Å². The summed E-state index contributed by atoms with van der Waals surface area (Å²) in [7, 11) is 0. The monoisotopic (exact) mass is 129 g/mol. The summed E-state index contributed by atoms with van der Waals surface area (Å²) in [5.41, 5.74) is 0. The van der Waals surface area contributed by atoms with Crippen LogP contribution in [0, 0.1) is 0 Å². The van der Waals surface area contributed by atoms with E-state index < -0.39 is 0 Å². The smallest absolute Gasteiger partial charge is 0 e. The van der Waals surface area contributed by atoms with Crippen LogP contribution in [0.2, 0.25) is 0 Å². The summed E-state index contributed by atoms with van der Waals surface area (Å²) in [6.45, 7) is 0. The van der Waals surface area contributed by atoms with Crippen LogP contribution in [-0.2, 0) is 17.1 Å². The van der Waals surface area contributed by atoms with Crippen LogP contribution >= 0.6 is 9.90 Å². The van der Waals surface area contributed by atoms with Gasteiger partial charge in [0, 0.05) is 36.4 Å². The molecular formula is H3BFePSi. The fourth-order valence-electron chi connectivity index (χ4n) is 0. The Labute approximate surface area is 46.8 Å². The Bertz CT molecular complexity index is 8.00. The first-order valence-corrected chi connectivity index (χ1v) is 0. The number of hydrogen-bond acceptors (Lipinski definition) is 0. The van der Waals surface area contributed by atoms with E-state index in [-0.39, 0.29) is 46.3 Å². The molecule has 4 heteroatoms. The fraction of sp³-hybridized carbons (Fsp3) is 0. The molecule has 0 aromatic heterocycles. The van der Waals surface area contributed by atoms with Crippen molar-refractivity contribution in [3.63, 3.8) is 0 Å². The molecule has 0 spiro atoms. The van der Waals surface area contributed by atoms with Crippen molar-refractivity contribution in [3.8, 4) is 0 Å². The topological polar surface area (TPSA) is 0 Å². The van der Waals surface area contributed by atoms with E-state index in [9.17, 15) is 0 Å². The Morgan fingerprint density at radius 2 is 1.00 bits per heavy atom. The van der Waals surface area contributed by atoms with Crippen LogP contribution in [0.5, 0.6) is 0 Å². The molecule has 0 aliphatic carbocycles. The van der Waals surface area contributed by atoms with E-state index in [1.165, 1.54) is 0 Å². The van der Waals surface area contributed by atoms with Crippen molar-refractivity contribution in [2.75, 3.05) is 0 Å². The van der Waals surface area contributed by atoms with Crippen LogP contribution in [0.1, 0.15) is 0 Å². The van der Waals surface area contributed by atoms with Gasteiger partial charge in [-0.15, -0.1) is 0 Å². The van der Waals surface area contributed by atoms with Gasteiger partial charge in [-0.2, -0.15) is 9.90 Å². The predicted octanol–water partition coefficient (Wildman–Crippen LogP) is -0.706. The molecule has 0 nitrogen and oxygen atoms in total. The summed E-state index contributed by atoms with van der Waals surface area (Å²) in [6.07, 6.45) is 0. The van der Waals surface area contributed by atoms with Crippen LogP contribution in [0.4, 0.5) is 0 Å². The predicted molar refractivity (Wildman–Crippen MR) is 22.6 cm³/mol. The Hall–Kier alpha value is 1.23. The minimum absolute atomic E-state index is 0. The summed E-state index contributed by atoms with van der Waals surface area (Å²) in [6, 6.07) is 0. The van der Waals surface area contributed by atoms with Gasteiger partial charge < -0.3 is 0 Å². The van der Waals surface area contributed by atoms with Crippen molar-refractivity contribution in [1.82, 2.24) is 0 Å². The summed E-state index contributed by atoms with van der Waals surface area (Å²) >= 11 is 0. The summed E-state index contributed by atoms with van der Waals surface area (Å²) in [4.78, 5) is 0. The van der Waals surface area contributed by atoms with Gasteiger partial charge in [-0.1, -0.05) is 0 Å². The molecule has 1 unspecified atom stereocenters. The largest absolute Gasteiger partial charge is 0.153 e. The number of hydrogen-bond donors (Lipinski definition) is 0. The van der Waals surface area contributed by atoms with Gasteiger partial charge in [0.25, 0.3) is 0 Å². The van der Waals surface area contributed by atoms with E-state index in [1.54, 1.807) is 0 Å². The van der Waals surface area contributed by atoms with E-state index >= 15 is 0 Å². The maximum Gasteiger partial charge on any atom is 0 e. The first kappa shape index (κ1) is 61.8. The molecule has 0 aliphatic heterocycles. The molecule has 0 saturated heterocycles.